The number of carbonyl (C=O) groups excluding carboxylic acids is 1. The van der Waals surface area contributed by atoms with Gasteiger partial charge < -0.3 is 14.5 Å². The van der Waals surface area contributed by atoms with E-state index in [1.54, 1.807) is 0 Å². The van der Waals surface area contributed by atoms with Crippen LogP contribution >= 0.6 is 11.6 Å². The van der Waals surface area contributed by atoms with Gasteiger partial charge in [0.05, 0.1) is 18.8 Å². The summed E-state index contributed by atoms with van der Waals surface area (Å²) in [5.74, 6) is 0.421. The number of ether oxygens (including phenoxy) is 1. The number of morpholine rings is 1. The molecule has 1 amide bonds. The number of halogens is 1. The number of likely N-dealkylation sites (tertiary alicyclic amines) is 1. The minimum atomic E-state index is 0.113. The molecular formula is C21H23ClN2O2. The van der Waals surface area contributed by atoms with Crippen LogP contribution in [0.1, 0.15) is 28.3 Å². The molecule has 2 fully saturated rings. The van der Waals surface area contributed by atoms with Crippen molar-refractivity contribution in [1.82, 2.24) is 4.90 Å². The maximum absolute atomic E-state index is 13.2. The standard InChI is InChI=1S/C21H23ClN2O2/c22-19-7-3-1-5-17(19)16-9-10-24(15-16)21(25)18-6-2-4-8-20(18)23-11-13-26-14-12-23/h1-8,16H,9-15H2/t16-/m1/s1. The summed E-state index contributed by atoms with van der Waals surface area (Å²) >= 11 is 6.35. The number of anilines is 1. The Hall–Kier alpha value is -2.04. The van der Waals surface area contributed by atoms with Crippen LogP contribution in [-0.4, -0.2) is 50.2 Å². The lowest BCUT2D eigenvalue weighted by molar-refractivity contribution is 0.0790. The smallest absolute Gasteiger partial charge is 0.255 e. The quantitative estimate of drug-likeness (QED) is 0.823. The predicted octanol–water partition coefficient (Wildman–Crippen LogP) is 3.81. The highest BCUT2D eigenvalue weighted by Gasteiger charge is 2.30. The summed E-state index contributed by atoms with van der Waals surface area (Å²) < 4.78 is 5.45. The van der Waals surface area contributed by atoms with E-state index in [9.17, 15) is 4.79 Å². The fourth-order valence-corrected chi connectivity index (χ4v) is 4.20. The zero-order valence-electron chi connectivity index (χ0n) is 14.7. The summed E-state index contributed by atoms with van der Waals surface area (Å²) in [6.07, 6.45) is 0.954. The van der Waals surface area contributed by atoms with Crippen LogP contribution in [0.2, 0.25) is 5.02 Å². The minimum Gasteiger partial charge on any atom is -0.378 e. The van der Waals surface area contributed by atoms with E-state index in [-0.39, 0.29) is 5.91 Å². The Morgan fingerprint density at radius 3 is 2.54 bits per heavy atom. The average molecular weight is 371 g/mol. The maximum Gasteiger partial charge on any atom is 0.255 e. The Bertz CT molecular complexity index is 789. The van der Waals surface area contributed by atoms with Crippen molar-refractivity contribution in [3.63, 3.8) is 0 Å². The molecule has 2 aromatic rings. The molecule has 1 atom stereocenters. The van der Waals surface area contributed by atoms with Gasteiger partial charge in [-0.05, 0) is 30.2 Å². The molecule has 2 saturated heterocycles. The highest BCUT2D eigenvalue weighted by Crippen LogP contribution is 2.33. The molecule has 0 aliphatic carbocycles. The van der Waals surface area contributed by atoms with Crippen molar-refractivity contribution < 1.29 is 9.53 Å². The molecule has 0 radical (unpaired) electrons. The van der Waals surface area contributed by atoms with Crippen molar-refractivity contribution in [3.8, 4) is 0 Å². The molecule has 0 bridgehead atoms. The van der Waals surface area contributed by atoms with Gasteiger partial charge in [-0.1, -0.05) is 41.9 Å². The van der Waals surface area contributed by atoms with Gasteiger partial charge in [0.15, 0.2) is 0 Å². The fraction of sp³-hybridized carbons (Fsp3) is 0.381. The van der Waals surface area contributed by atoms with Crippen molar-refractivity contribution in [3.05, 3.63) is 64.7 Å². The molecule has 0 unspecified atom stereocenters. The van der Waals surface area contributed by atoms with E-state index in [0.717, 1.165) is 54.4 Å². The molecule has 2 aliphatic rings. The first-order chi connectivity index (χ1) is 12.7. The van der Waals surface area contributed by atoms with Crippen LogP contribution in [0.25, 0.3) is 0 Å². The summed E-state index contributed by atoms with van der Waals surface area (Å²) in [6, 6.07) is 15.9. The van der Waals surface area contributed by atoms with Crippen LogP contribution < -0.4 is 4.90 Å². The van der Waals surface area contributed by atoms with Gasteiger partial charge >= 0.3 is 0 Å². The molecule has 5 heteroatoms. The van der Waals surface area contributed by atoms with Crippen LogP contribution in [0, 0.1) is 0 Å². The Balaban J connectivity index is 1.53. The second kappa shape index (κ2) is 7.68. The Labute approximate surface area is 159 Å². The zero-order chi connectivity index (χ0) is 17.9. The largest absolute Gasteiger partial charge is 0.378 e. The number of hydrogen-bond acceptors (Lipinski definition) is 3. The number of para-hydroxylation sites is 1. The highest BCUT2D eigenvalue weighted by atomic mass is 35.5. The first-order valence-electron chi connectivity index (χ1n) is 9.19. The van der Waals surface area contributed by atoms with Gasteiger partial charge in [0.2, 0.25) is 0 Å². The van der Waals surface area contributed by atoms with E-state index < -0.39 is 0 Å². The third-order valence-electron chi connectivity index (χ3n) is 5.31. The normalized spacial score (nSPS) is 20.4. The Kier molecular flexibility index (Phi) is 5.14. The van der Waals surface area contributed by atoms with Gasteiger partial charge in [0, 0.05) is 42.8 Å². The topological polar surface area (TPSA) is 32.8 Å². The Morgan fingerprint density at radius 2 is 1.73 bits per heavy atom. The first kappa shape index (κ1) is 17.4. The highest BCUT2D eigenvalue weighted by molar-refractivity contribution is 6.31. The van der Waals surface area contributed by atoms with E-state index in [1.165, 1.54) is 0 Å². The van der Waals surface area contributed by atoms with Gasteiger partial charge in [0.25, 0.3) is 5.91 Å². The molecule has 4 nitrogen and oxygen atoms in total. The van der Waals surface area contributed by atoms with E-state index >= 15 is 0 Å². The first-order valence-corrected chi connectivity index (χ1v) is 9.57. The van der Waals surface area contributed by atoms with Gasteiger partial charge in [0.1, 0.15) is 0 Å². The van der Waals surface area contributed by atoms with Gasteiger partial charge in [-0.2, -0.15) is 0 Å². The number of carbonyl (C=O) groups is 1. The lowest BCUT2D eigenvalue weighted by atomic mass is 9.98. The molecule has 0 aromatic heterocycles. The second-order valence-corrected chi connectivity index (χ2v) is 7.28. The number of benzene rings is 2. The van der Waals surface area contributed by atoms with Gasteiger partial charge in [-0.15, -0.1) is 0 Å². The molecule has 2 heterocycles. The van der Waals surface area contributed by atoms with Crippen molar-refractivity contribution >= 4 is 23.2 Å². The minimum absolute atomic E-state index is 0.113. The molecule has 26 heavy (non-hydrogen) atoms. The van der Waals surface area contributed by atoms with Gasteiger partial charge in [-0.25, -0.2) is 0 Å². The predicted molar refractivity (Wildman–Crippen MR) is 104 cm³/mol. The van der Waals surface area contributed by atoms with Crippen LogP contribution in [0.4, 0.5) is 5.69 Å². The maximum atomic E-state index is 13.2. The summed E-state index contributed by atoms with van der Waals surface area (Å²) in [6.45, 7) is 4.56. The molecular weight excluding hydrogens is 348 g/mol. The van der Waals surface area contributed by atoms with E-state index in [4.69, 9.17) is 16.3 Å². The summed E-state index contributed by atoms with van der Waals surface area (Å²) in [4.78, 5) is 17.4. The second-order valence-electron chi connectivity index (χ2n) is 6.87. The molecule has 136 valence electrons. The van der Waals surface area contributed by atoms with Crippen LogP contribution in [0.15, 0.2) is 48.5 Å². The number of nitrogens with zero attached hydrogens (tertiary/aromatic N) is 2. The van der Waals surface area contributed by atoms with Crippen LogP contribution in [-0.2, 0) is 4.74 Å². The van der Waals surface area contributed by atoms with Crippen molar-refractivity contribution in [2.75, 3.05) is 44.3 Å². The molecule has 2 aliphatic heterocycles. The number of hydrogen-bond donors (Lipinski definition) is 0. The molecule has 0 saturated carbocycles. The van der Waals surface area contributed by atoms with Gasteiger partial charge in [-0.3, -0.25) is 4.79 Å². The van der Waals surface area contributed by atoms with E-state index in [2.05, 4.69) is 11.0 Å². The SMILES string of the molecule is O=C(c1ccccc1N1CCOCC1)N1CC[C@@H](c2ccccc2Cl)C1. The average Bonchev–Trinajstić information content (AvgIpc) is 3.18. The van der Waals surface area contributed by atoms with Crippen molar-refractivity contribution in [2.45, 2.75) is 12.3 Å². The lowest BCUT2D eigenvalue weighted by Crippen LogP contribution is -2.38. The molecule has 4 rings (SSSR count). The Morgan fingerprint density at radius 1 is 1.00 bits per heavy atom. The number of rotatable bonds is 3. The zero-order valence-corrected chi connectivity index (χ0v) is 15.5. The molecule has 2 aromatic carbocycles. The third-order valence-corrected chi connectivity index (χ3v) is 5.65. The van der Waals surface area contributed by atoms with Crippen molar-refractivity contribution in [1.29, 1.82) is 0 Å². The third kappa shape index (κ3) is 3.44. The van der Waals surface area contributed by atoms with Crippen molar-refractivity contribution in [2.24, 2.45) is 0 Å². The van der Waals surface area contributed by atoms with E-state index in [1.807, 2.05) is 47.4 Å². The summed E-state index contributed by atoms with van der Waals surface area (Å²) in [7, 11) is 0. The monoisotopic (exact) mass is 370 g/mol. The molecule has 0 spiro atoms. The summed E-state index contributed by atoms with van der Waals surface area (Å²) in [5.41, 5.74) is 2.95. The number of amides is 1. The summed E-state index contributed by atoms with van der Waals surface area (Å²) in [5, 5.41) is 0.792. The lowest BCUT2D eigenvalue weighted by Gasteiger charge is -2.31. The fourth-order valence-electron chi connectivity index (χ4n) is 3.91. The van der Waals surface area contributed by atoms with Crippen LogP contribution in [0.5, 0.6) is 0 Å². The van der Waals surface area contributed by atoms with Crippen LogP contribution in [0.3, 0.4) is 0 Å². The van der Waals surface area contributed by atoms with E-state index in [0.29, 0.717) is 19.1 Å². The molecule has 0 N–H and O–H groups in total.